The van der Waals surface area contributed by atoms with Crippen molar-refractivity contribution in [3.05, 3.63) is 23.8 Å². The third kappa shape index (κ3) is 3.05. The van der Waals surface area contributed by atoms with Crippen LogP contribution in [0.5, 0.6) is 0 Å². The van der Waals surface area contributed by atoms with Gasteiger partial charge in [0.25, 0.3) is 0 Å². The molecule has 1 rings (SSSR count). The third-order valence-corrected chi connectivity index (χ3v) is 2.21. The van der Waals surface area contributed by atoms with Crippen LogP contribution < -0.4 is 5.32 Å². The maximum atomic E-state index is 10.9. The Morgan fingerprint density at radius 2 is 2.38 bits per heavy atom. The molecule has 0 aromatic rings. The Kier molecular flexibility index (Phi) is 3.74. The fraction of sp³-hybridized carbons (Fsp3) is 0.545. The summed E-state index contributed by atoms with van der Waals surface area (Å²) in [6, 6.07) is 0.203. The first kappa shape index (κ1) is 10.0. The predicted molar refractivity (Wildman–Crippen MR) is 54.4 cm³/mol. The molecule has 0 aromatic carbocycles. The summed E-state index contributed by atoms with van der Waals surface area (Å²) in [5.41, 5.74) is 1.25. The van der Waals surface area contributed by atoms with Crippen LogP contribution in [0.2, 0.25) is 0 Å². The third-order valence-electron chi connectivity index (χ3n) is 2.21. The molecule has 0 fully saturated rings. The maximum absolute atomic E-state index is 10.9. The van der Waals surface area contributed by atoms with Gasteiger partial charge >= 0.3 is 0 Å². The summed E-state index contributed by atoms with van der Waals surface area (Å²) in [7, 11) is 0. The molecular formula is C11H17NO. The molecule has 1 N–H and O–H groups in total. The van der Waals surface area contributed by atoms with E-state index in [9.17, 15) is 4.79 Å². The van der Waals surface area contributed by atoms with Crippen LogP contribution >= 0.6 is 0 Å². The van der Waals surface area contributed by atoms with Crippen molar-refractivity contribution in [1.29, 1.82) is 0 Å². The summed E-state index contributed by atoms with van der Waals surface area (Å²) in [5.74, 6) is 0.0479. The Labute approximate surface area is 79.7 Å². The first-order valence-electron chi connectivity index (χ1n) is 4.87. The van der Waals surface area contributed by atoms with E-state index in [0.29, 0.717) is 0 Å². The summed E-state index contributed by atoms with van der Waals surface area (Å²) in [6.07, 6.45) is 9.68. The standard InChI is InChI=1S/C11H17NO/c1-3-11(12-9(2)13)10-7-5-4-6-8-10/h5,7-8,11H,3-4,6H2,1-2H3,(H,12,13)/t11-/m1/s1. The summed E-state index contributed by atoms with van der Waals surface area (Å²) >= 11 is 0. The van der Waals surface area contributed by atoms with E-state index in [1.165, 1.54) is 5.57 Å². The number of hydrogen-bond acceptors (Lipinski definition) is 1. The van der Waals surface area contributed by atoms with Gasteiger partial charge in [-0.15, -0.1) is 0 Å². The van der Waals surface area contributed by atoms with Crippen LogP contribution in [0, 0.1) is 0 Å². The molecule has 2 heteroatoms. The predicted octanol–water partition coefficient (Wildman–Crippen LogP) is 2.18. The van der Waals surface area contributed by atoms with Gasteiger partial charge in [0.1, 0.15) is 0 Å². The van der Waals surface area contributed by atoms with Crippen LogP contribution in [0.15, 0.2) is 23.8 Å². The van der Waals surface area contributed by atoms with E-state index in [1.54, 1.807) is 6.92 Å². The molecule has 0 spiro atoms. The number of hydrogen-bond donors (Lipinski definition) is 1. The molecule has 13 heavy (non-hydrogen) atoms. The van der Waals surface area contributed by atoms with Crippen molar-refractivity contribution in [2.24, 2.45) is 0 Å². The Morgan fingerprint density at radius 1 is 1.62 bits per heavy atom. The maximum Gasteiger partial charge on any atom is 0.217 e. The van der Waals surface area contributed by atoms with Crippen molar-refractivity contribution in [1.82, 2.24) is 5.32 Å². The molecule has 0 heterocycles. The molecule has 0 aromatic heterocycles. The average Bonchev–Trinajstić information content (AvgIpc) is 2.15. The molecule has 0 saturated heterocycles. The number of allylic oxidation sites excluding steroid dienone is 2. The van der Waals surface area contributed by atoms with Crippen molar-refractivity contribution in [2.45, 2.75) is 39.2 Å². The summed E-state index contributed by atoms with van der Waals surface area (Å²) in [5, 5.41) is 2.94. The van der Waals surface area contributed by atoms with Crippen LogP contribution in [0.25, 0.3) is 0 Å². The smallest absolute Gasteiger partial charge is 0.217 e. The topological polar surface area (TPSA) is 29.1 Å². The SMILES string of the molecule is CC[C@@H](NC(C)=O)C1=CCCC=C1. The van der Waals surface area contributed by atoms with Gasteiger partial charge in [0.05, 0.1) is 6.04 Å². The van der Waals surface area contributed by atoms with Crippen molar-refractivity contribution in [2.75, 3.05) is 0 Å². The summed E-state index contributed by atoms with van der Waals surface area (Å²) < 4.78 is 0. The highest BCUT2D eigenvalue weighted by atomic mass is 16.1. The average molecular weight is 179 g/mol. The monoisotopic (exact) mass is 179 g/mol. The van der Waals surface area contributed by atoms with Gasteiger partial charge in [0, 0.05) is 6.92 Å². The molecule has 72 valence electrons. The van der Waals surface area contributed by atoms with Crippen LogP contribution in [-0.4, -0.2) is 11.9 Å². The van der Waals surface area contributed by atoms with Gasteiger partial charge in [0.2, 0.25) is 5.91 Å². The number of nitrogens with one attached hydrogen (secondary N) is 1. The van der Waals surface area contributed by atoms with Crippen LogP contribution in [0.4, 0.5) is 0 Å². The second-order valence-electron chi connectivity index (χ2n) is 3.35. The molecule has 1 aliphatic carbocycles. The first-order valence-corrected chi connectivity index (χ1v) is 4.87. The molecule has 0 radical (unpaired) electrons. The molecular weight excluding hydrogens is 162 g/mol. The van der Waals surface area contributed by atoms with Gasteiger partial charge in [-0.05, 0) is 24.8 Å². The molecule has 1 atom stereocenters. The lowest BCUT2D eigenvalue weighted by molar-refractivity contribution is -0.119. The highest BCUT2D eigenvalue weighted by Gasteiger charge is 2.11. The zero-order valence-corrected chi connectivity index (χ0v) is 8.34. The molecule has 1 amide bonds. The number of rotatable bonds is 3. The van der Waals surface area contributed by atoms with E-state index in [4.69, 9.17) is 0 Å². The Bertz CT molecular complexity index is 240. The summed E-state index contributed by atoms with van der Waals surface area (Å²) in [6.45, 7) is 3.65. The van der Waals surface area contributed by atoms with Crippen LogP contribution in [0.1, 0.15) is 33.1 Å². The highest BCUT2D eigenvalue weighted by molar-refractivity contribution is 5.73. The lowest BCUT2D eigenvalue weighted by atomic mass is 9.98. The van der Waals surface area contributed by atoms with E-state index >= 15 is 0 Å². The number of carbonyl (C=O) groups is 1. The normalized spacial score (nSPS) is 17.8. The highest BCUT2D eigenvalue weighted by Crippen LogP contribution is 2.15. The summed E-state index contributed by atoms with van der Waals surface area (Å²) in [4.78, 5) is 10.9. The molecule has 0 bridgehead atoms. The van der Waals surface area contributed by atoms with E-state index in [0.717, 1.165) is 19.3 Å². The zero-order valence-electron chi connectivity index (χ0n) is 8.34. The van der Waals surface area contributed by atoms with E-state index in [1.807, 2.05) is 0 Å². The van der Waals surface area contributed by atoms with Crippen LogP contribution in [-0.2, 0) is 4.79 Å². The zero-order chi connectivity index (χ0) is 9.68. The lowest BCUT2D eigenvalue weighted by Gasteiger charge is -2.19. The Balaban J connectivity index is 2.59. The van der Waals surface area contributed by atoms with Crippen molar-refractivity contribution < 1.29 is 4.79 Å². The minimum absolute atomic E-state index is 0.0479. The molecule has 0 saturated carbocycles. The van der Waals surface area contributed by atoms with Gasteiger partial charge in [-0.2, -0.15) is 0 Å². The fourth-order valence-corrected chi connectivity index (χ4v) is 1.56. The minimum Gasteiger partial charge on any atom is -0.350 e. The molecule has 1 aliphatic rings. The van der Waals surface area contributed by atoms with Crippen LogP contribution in [0.3, 0.4) is 0 Å². The van der Waals surface area contributed by atoms with Gasteiger partial charge in [-0.25, -0.2) is 0 Å². The Hall–Kier alpha value is -1.05. The van der Waals surface area contributed by atoms with Crippen molar-refractivity contribution in [3.63, 3.8) is 0 Å². The first-order chi connectivity index (χ1) is 6.24. The molecule has 2 nitrogen and oxygen atoms in total. The fourth-order valence-electron chi connectivity index (χ4n) is 1.56. The quantitative estimate of drug-likeness (QED) is 0.707. The number of carbonyl (C=O) groups excluding carboxylic acids is 1. The number of amides is 1. The lowest BCUT2D eigenvalue weighted by Crippen LogP contribution is -2.33. The Morgan fingerprint density at radius 3 is 2.85 bits per heavy atom. The van der Waals surface area contributed by atoms with Gasteiger partial charge in [0.15, 0.2) is 0 Å². The largest absolute Gasteiger partial charge is 0.350 e. The minimum atomic E-state index is 0.0479. The van der Waals surface area contributed by atoms with Gasteiger partial charge in [-0.3, -0.25) is 4.79 Å². The van der Waals surface area contributed by atoms with E-state index < -0.39 is 0 Å². The van der Waals surface area contributed by atoms with Gasteiger partial charge < -0.3 is 5.32 Å². The van der Waals surface area contributed by atoms with Gasteiger partial charge in [-0.1, -0.05) is 25.2 Å². The van der Waals surface area contributed by atoms with Crippen molar-refractivity contribution in [3.8, 4) is 0 Å². The second kappa shape index (κ2) is 4.85. The molecule has 0 aliphatic heterocycles. The van der Waals surface area contributed by atoms with E-state index in [2.05, 4.69) is 30.5 Å². The second-order valence-corrected chi connectivity index (χ2v) is 3.35. The van der Waals surface area contributed by atoms with Crippen molar-refractivity contribution >= 4 is 5.91 Å². The molecule has 0 unspecified atom stereocenters. The van der Waals surface area contributed by atoms with E-state index in [-0.39, 0.29) is 11.9 Å².